The van der Waals surface area contributed by atoms with Gasteiger partial charge in [0.2, 0.25) is 23.6 Å². The summed E-state index contributed by atoms with van der Waals surface area (Å²) in [6.07, 6.45) is 21.6. The summed E-state index contributed by atoms with van der Waals surface area (Å²) in [4.78, 5) is 83.8. The molecule has 1 atom stereocenters. The molecule has 26 nitrogen and oxygen atoms in total. The number of aryl methyl sites for hydroxylation is 8. The molecule has 7 aliphatic heterocycles. The fourth-order valence-corrected chi connectivity index (χ4v) is 20.7. The van der Waals surface area contributed by atoms with Crippen LogP contribution in [0.2, 0.25) is 0 Å². The Morgan fingerprint density at radius 2 is 0.824 bits per heavy atom. The van der Waals surface area contributed by atoms with Crippen molar-refractivity contribution in [2.45, 2.75) is 199 Å². The third kappa shape index (κ3) is 15.5. The average molecular weight is 1780 g/mol. The fraction of sp³-hybridized carbons (Fsp3) is 0.434. The lowest BCUT2D eigenvalue weighted by Gasteiger charge is -2.35. The lowest BCUT2D eigenvalue weighted by Crippen LogP contribution is -2.40. The number of amides is 4. The van der Waals surface area contributed by atoms with Crippen LogP contribution in [0.4, 0.5) is 60.9 Å². The third-order valence-electron chi connectivity index (χ3n) is 28.3. The second kappa shape index (κ2) is 33.2. The molecule has 1 unspecified atom stereocenters. The minimum Gasteiger partial charge on any atom is -0.357 e. The first-order chi connectivity index (χ1) is 63.2. The van der Waals surface area contributed by atoms with Crippen LogP contribution < -0.4 is 14.7 Å². The molecule has 0 spiro atoms. The second-order valence-electron chi connectivity index (χ2n) is 37.7. The molecule has 4 fully saturated rings. The first kappa shape index (κ1) is 84.9. The van der Waals surface area contributed by atoms with E-state index in [1.54, 1.807) is 37.6 Å². The number of rotatable bonds is 16. The molecule has 13 aromatic rings. The van der Waals surface area contributed by atoms with Crippen molar-refractivity contribution in [2.75, 3.05) is 62.0 Å². The van der Waals surface area contributed by atoms with Crippen LogP contribution in [-0.2, 0) is 119 Å². The van der Waals surface area contributed by atoms with Crippen molar-refractivity contribution in [1.82, 2.24) is 91.1 Å². The van der Waals surface area contributed by atoms with Gasteiger partial charge in [-0.1, -0.05) is 6.07 Å². The van der Waals surface area contributed by atoms with E-state index in [1.165, 1.54) is 0 Å². The predicted octanol–water partition coefficient (Wildman–Crippen LogP) is 17.9. The van der Waals surface area contributed by atoms with Gasteiger partial charge >= 0.3 is 0 Å². The molecule has 9 aromatic heterocycles. The maximum atomic E-state index is 14.3. The van der Waals surface area contributed by atoms with Crippen LogP contribution in [0.3, 0.4) is 0 Å². The number of nitrogens with zero attached hydrogens (tertiary/aromatic N) is 22. The van der Waals surface area contributed by atoms with Crippen LogP contribution in [0.5, 0.6) is 0 Å². The minimum atomic E-state index is -2.58. The predicted molar refractivity (Wildman–Crippen MR) is 487 cm³/mol. The lowest BCUT2D eigenvalue weighted by molar-refractivity contribution is -0.135. The quantitative estimate of drug-likeness (QED) is 0.0825. The minimum absolute atomic E-state index is 0.0491. The average Bonchev–Trinajstić information content (AvgIpc) is 1.53. The van der Waals surface area contributed by atoms with E-state index in [9.17, 15) is 45.5 Å². The molecular weight excluding hydrogens is 1680 g/mol. The van der Waals surface area contributed by atoms with E-state index in [4.69, 9.17) is 25.0 Å². The van der Waals surface area contributed by atoms with Crippen LogP contribution in [0.25, 0.3) is 66.8 Å². The molecule has 4 saturated carbocycles. The first-order valence-corrected chi connectivity index (χ1v) is 46.1. The molecule has 4 aliphatic carbocycles. The Bertz CT molecular complexity index is 6730. The zero-order chi connectivity index (χ0) is 90.7. The van der Waals surface area contributed by atoms with Gasteiger partial charge < -0.3 is 66.3 Å². The van der Waals surface area contributed by atoms with E-state index in [0.717, 1.165) is 257 Å². The molecule has 11 aliphatic rings. The van der Waals surface area contributed by atoms with Crippen LogP contribution >= 0.6 is 0 Å². The molecule has 4 amide bonds. The second-order valence-corrected chi connectivity index (χ2v) is 37.7. The van der Waals surface area contributed by atoms with Crippen molar-refractivity contribution in [3.8, 4) is 55.9 Å². The van der Waals surface area contributed by atoms with Crippen LogP contribution in [0.1, 0.15) is 213 Å². The molecule has 24 rings (SSSR count). The van der Waals surface area contributed by atoms with Gasteiger partial charge in [-0.3, -0.25) is 28.5 Å². The van der Waals surface area contributed by atoms with E-state index < -0.39 is 19.3 Å². The van der Waals surface area contributed by atoms with Crippen LogP contribution in [-0.4, -0.2) is 162 Å². The summed E-state index contributed by atoms with van der Waals surface area (Å²) in [7, 11) is 15.1. The molecule has 131 heavy (non-hydrogen) atoms. The van der Waals surface area contributed by atoms with Gasteiger partial charge in [0, 0.05) is 200 Å². The number of fused-ring (bicyclic) bond motifs is 8. The molecule has 32 heteroatoms. The number of halogens is 6. The Labute approximate surface area is 755 Å². The van der Waals surface area contributed by atoms with Gasteiger partial charge in [0.15, 0.2) is 17.5 Å². The molecule has 0 radical (unpaired) electrons. The van der Waals surface area contributed by atoms with Crippen LogP contribution in [0.15, 0.2) is 122 Å². The number of carbonyl (C=O) groups excluding carboxylic acids is 4. The smallest absolute Gasteiger partial charge is 0.264 e. The summed E-state index contributed by atoms with van der Waals surface area (Å²) in [5.74, 6) is 8.58. The maximum Gasteiger partial charge on any atom is 0.264 e. The first-order valence-electron chi connectivity index (χ1n) is 46.1. The Balaban J connectivity index is 0.000000106. The standard InChI is InChI=1S/2C26H29F2N5O.C25H27F2N5O.C22H23N7O/c1-15-26(34)31(3)14-22-25(29-24(33(15)22)16-6-7-16)32-9-4-5-17-11-19(18-8-10-30(2)13-18)20(23(27)28)12-21(17)32;1-3-31-14-22-26(29-25(16-6-7-16)33(22)15-23(31)34)32-9-4-5-17-11-19(18-8-10-30(2)13-18)20(24(27)28)12-21(17)32;1-29-9-7-17(12-29)18-10-16-4-3-8-31(20(16)11-19(18)23(26)27)25-21-13-30(2)22(33)14-32(21)24(28-25)15-5-6-15;1-26-11-18-21(24-22(13-4-5-13)29(18)12-19(26)30)14-6-7-17-16(8-14)20(25-28(17)3)15-9-23-27(2)10-15/h8,10-13,15-16,23H,4-7,9,14H2,1-3H3;8,10-13,16,24H,3-7,9,14-15H2,1-2H3;7,9-12,15,23H,3-6,8,13-14H2,1-2H3;6-10,13H,4-5,11-12H2,1-3H3. The van der Waals surface area contributed by atoms with Crippen molar-refractivity contribution < 1.29 is 45.5 Å². The third-order valence-corrected chi connectivity index (χ3v) is 28.3. The normalized spacial score (nSPS) is 18.3. The highest BCUT2D eigenvalue weighted by Gasteiger charge is 2.44. The number of likely N-dealkylation sites (N-methyl/N-ethyl adjacent to an activating group) is 4. The van der Waals surface area contributed by atoms with Gasteiger partial charge in [-0.05, 0) is 221 Å². The maximum absolute atomic E-state index is 14.3. The number of alkyl halides is 6. The summed E-state index contributed by atoms with van der Waals surface area (Å²) in [5, 5.41) is 10.1. The van der Waals surface area contributed by atoms with Gasteiger partial charge in [-0.25, -0.2) is 46.3 Å². The molecular formula is C99H108F6N22O4. The highest BCUT2D eigenvalue weighted by molar-refractivity contribution is 5.96. The molecule has 16 heterocycles. The molecule has 4 aromatic carbocycles. The van der Waals surface area contributed by atoms with E-state index >= 15 is 0 Å². The van der Waals surface area contributed by atoms with Crippen molar-refractivity contribution >= 4 is 69.0 Å². The summed E-state index contributed by atoms with van der Waals surface area (Å²) < 4.78 is 103. The van der Waals surface area contributed by atoms with Crippen molar-refractivity contribution in [1.29, 1.82) is 0 Å². The van der Waals surface area contributed by atoms with E-state index in [2.05, 4.69) is 56.3 Å². The van der Waals surface area contributed by atoms with E-state index in [-0.39, 0.29) is 46.4 Å². The zero-order valence-corrected chi connectivity index (χ0v) is 75.6. The topological polar surface area (TPSA) is 213 Å². The highest BCUT2D eigenvalue weighted by Crippen LogP contribution is 2.53. The lowest BCUT2D eigenvalue weighted by atomic mass is 9.93. The Hall–Kier alpha value is -12.9. The largest absolute Gasteiger partial charge is 0.357 e. The zero-order valence-electron chi connectivity index (χ0n) is 75.6. The monoisotopic (exact) mass is 1780 g/mol. The highest BCUT2D eigenvalue weighted by atomic mass is 19.3. The number of benzene rings is 4. The molecule has 0 bridgehead atoms. The van der Waals surface area contributed by atoms with E-state index in [1.807, 2.05) is 179 Å². The summed E-state index contributed by atoms with van der Waals surface area (Å²) >= 11 is 0. The number of anilines is 6. The van der Waals surface area contributed by atoms with Gasteiger partial charge in [0.05, 0.1) is 66.4 Å². The Morgan fingerprint density at radius 3 is 1.25 bits per heavy atom. The van der Waals surface area contributed by atoms with Gasteiger partial charge in [-0.15, -0.1) is 0 Å². The number of aromatic nitrogens is 15. The fourth-order valence-electron chi connectivity index (χ4n) is 20.7. The van der Waals surface area contributed by atoms with Gasteiger partial charge in [0.25, 0.3) is 19.3 Å². The Kier molecular flexibility index (Phi) is 21.5. The summed E-state index contributed by atoms with van der Waals surface area (Å²) in [6.45, 7) is 9.84. The number of carbonyl (C=O) groups is 4. The Morgan fingerprint density at radius 1 is 0.412 bits per heavy atom. The number of hydrogen-bond acceptors (Lipinski definition) is 13. The number of hydrogen-bond donors (Lipinski definition) is 0. The summed E-state index contributed by atoms with van der Waals surface area (Å²) in [6, 6.07) is 22.6. The van der Waals surface area contributed by atoms with Gasteiger partial charge in [-0.2, -0.15) is 10.2 Å². The van der Waals surface area contributed by atoms with Crippen LogP contribution in [0, 0.1) is 0 Å². The van der Waals surface area contributed by atoms with Gasteiger partial charge in [0.1, 0.15) is 54.7 Å². The SMILES string of the molecule is CC1C(=O)N(C)Cc2c(N3CCCc4cc(-c5ccn(C)c5)c(C(F)F)cc43)nc(C3CC3)n21.CCN1Cc2c(N3CCCc4cc(-c5ccn(C)c5)c(C(F)F)cc43)nc(C3CC3)n2CC1=O.CN1Cc2c(-c3ccc4c(c3)c(-c3cnn(C)c3)nn4C)nc(C3CC3)n2CC1=O.CN1Cc2c(N3CCCc4cc(-c5ccn(C)c5)c(C(F)F)cc43)nc(C3CC3)n2CC1=O. The molecule has 680 valence electrons. The summed E-state index contributed by atoms with van der Waals surface area (Å²) in [5.41, 5.74) is 19.3. The van der Waals surface area contributed by atoms with Crippen molar-refractivity contribution in [2.24, 2.45) is 35.2 Å². The van der Waals surface area contributed by atoms with E-state index in [0.29, 0.717) is 92.7 Å². The molecule has 0 N–H and O–H groups in total. The number of imidazole rings is 4. The molecule has 0 saturated heterocycles. The van der Waals surface area contributed by atoms with Crippen molar-refractivity contribution in [3.05, 3.63) is 202 Å². The van der Waals surface area contributed by atoms with Crippen molar-refractivity contribution in [3.63, 3.8) is 0 Å².